The summed E-state index contributed by atoms with van der Waals surface area (Å²) < 4.78 is 0. The lowest BCUT2D eigenvalue weighted by atomic mass is 10.1. The van der Waals surface area contributed by atoms with Gasteiger partial charge in [-0.25, -0.2) is 4.98 Å². The Bertz CT molecular complexity index is 303. The minimum atomic E-state index is 0.550. The lowest BCUT2D eigenvalue weighted by Crippen LogP contribution is -2.28. The lowest BCUT2D eigenvalue weighted by molar-refractivity contribution is 0.416. The summed E-state index contributed by atoms with van der Waals surface area (Å²) in [6, 6.07) is 4.27. The van der Waals surface area contributed by atoms with Crippen LogP contribution in [0.25, 0.3) is 0 Å². The van der Waals surface area contributed by atoms with Crippen LogP contribution in [0.3, 0.4) is 0 Å². The SMILES string of the molecule is CC(C)c1ccc(N(C)CCN(C)C)nc1. The molecule has 0 saturated carbocycles. The first kappa shape index (κ1) is 13.0. The van der Waals surface area contributed by atoms with Crippen LogP contribution in [0.2, 0.25) is 0 Å². The monoisotopic (exact) mass is 221 g/mol. The van der Waals surface area contributed by atoms with E-state index in [9.17, 15) is 0 Å². The third-order valence-electron chi connectivity index (χ3n) is 2.71. The smallest absolute Gasteiger partial charge is 0.128 e. The molecule has 0 atom stereocenters. The fourth-order valence-corrected chi connectivity index (χ4v) is 1.43. The fourth-order valence-electron chi connectivity index (χ4n) is 1.43. The van der Waals surface area contributed by atoms with Crippen molar-refractivity contribution >= 4 is 5.82 Å². The Kier molecular flexibility index (Phi) is 4.74. The molecule has 1 rings (SSSR count). The molecule has 0 amide bonds. The van der Waals surface area contributed by atoms with Gasteiger partial charge in [-0.2, -0.15) is 0 Å². The molecule has 16 heavy (non-hydrogen) atoms. The molecule has 0 radical (unpaired) electrons. The summed E-state index contributed by atoms with van der Waals surface area (Å²) >= 11 is 0. The molecular weight excluding hydrogens is 198 g/mol. The van der Waals surface area contributed by atoms with E-state index in [0.29, 0.717) is 5.92 Å². The van der Waals surface area contributed by atoms with Gasteiger partial charge in [-0.15, -0.1) is 0 Å². The van der Waals surface area contributed by atoms with Crippen LogP contribution in [0.4, 0.5) is 5.82 Å². The van der Waals surface area contributed by atoms with Crippen LogP contribution in [-0.2, 0) is 0 Å². The van der Waals surface area contributed by atoms with Crippen LogP contribution in [0, 0.1) is 0 Å². The lowest BCUT2D eigenvalue weighted by Gasteiger charge is -2.20. The van der Waals surface area contributed by atoms with Crippen LogP contribution < -0.4 is 4.90 Å². The Morgan fingerprint density at radius 1 is 1.12 bits per heavy atom. The number of nitrogens with zero attached hydrogens (tertiary/aromatic N) is 3. The average molecular weight is 221 g/mol. The van der Waals surface area contributed by atoms with Crippen molar-refractivity contribution in [3.05, 3.63) is 23.9 Å². The van der Waals surface area contributed by atoms with Crippen LogP contribution >= 0.6 is 0 Å². The van der Waals surface area contributed by atoms with Gasteiger partial charge in [0.25, 0.3) is 0 Å². The zero-order chi connectivity index (χ0) is 12.1. The topological polar surface area (TPSA) is 19.4 Å². The predicted molar refractivity (Wildman–Crippen MR) is 70.2 cm³/mol. The third-order valence-corrected chi connectivity index (χ3v) is 2.71. The van der Waals surface area contributed by atoms with E-state index in [0.717, 1.165) is 18.9 Å². The van der Waals surface area contributed by atoms with Gasteiger partial charge >= 0.3 is 0 Å². The van der Waals surface area contributed by atoms with Crippen molar-refractivity contribution in [1.82, 2.24) is 9.88 Å². The minimum absolute atomic E-state index is 0.550. The normalized spacial score (nSPS) is 11.2. The minimum Gasteiger partial charge on any atom is -0.358 e. The van der Waals surface area contributed by atoms with E-state index in [-0.39, 0.29) is 0 Å². The van der Waals surface area contributed by atoms with E-state index >= 15 is 0 Å². The molecule has 0 saturated heterocycles. The van der Waals surface area contributed by atoms with Gasteiger partial charge in [0, 0.05) is 26.3 Å². The van der Waals surface area contributed by atoms with E-state index in [4.69, 9.17) is 0 Å². The molecule has 0 spiro atoms. The second kappa shape index (κ2) is 5.85. The average Bonchev–Trinajstić information content (AvgIpc) is 2.26. The van der Waals surface area contributed by atoms with Gasteiger partial charge in [0.1, 0.15) is 5.82 Å². The Morgan fingerprint density at radius 3 is 2.25 bits per heavy atom. The van der Waals surface area contributed by atoms with E-state index < -0.39 is 0 Å². The van der Waals surface area contributed by atoms with Crippen molar-refractivity contribution in [3.63, 3.8) is 0 Å². The maximum Gasteiger partial charge on any atom is 0.128 e. The fraction of sp³-hybridized carbons (Fsp3) is 0.615. The molecule has 0 N–H and O–H groups in total. The maximum absolute atomic E-state index is 4.49. The largest absolute Gasteiger partial charge is 0.358 e. The molecule has 90 valence electrons. The highest BCUT2D eigenvalue weighted by atomic mass is 15.2. The summed E-state index contributed by atoms with van der Waals surface area (Å²) in [5, 5.41) is 0. The highest BCUT2D eigenvalue weighted by molar-refractivity contribution is 5.38. The van der Waals surface area contributed by atoms with Crippen molar-refractivity contribution in [3.8, 4) is 0 Å². The van der Waals surface area contributed by atoms with Gasteiger partial charge in [-0.05, 0) is 31.6 Å². The molecule has 0 bridgehead atoms. The molecule has 1 aromatic heterocycles. The van der Waals surface area contributed by atoms with E-state index in [1.807, 2.05) is 6.20 Å². The first-order chi connectivity index (χ1) is 7.50. The highest BCUT2D eigenvalue weighted by Crippen LogP contribution is 2.16. The van der Waals surface area contributed by atoms with Gasteiger partial charge in [-0.1, -0.05) is 19.9 Å². The predicted octanol–water partition coefficient (Wildman–Crippen LogP) is 2.20. The number of aromatic nitrogens is 1. The number of rotatable bonds is 5. The van der Waals surface area contributed by atoms with Crippen LogP contribution in [-0.4, -0.2) is 44.1 Å². The number of hydrogen-bond acceptors (Lipinski definition) is 3. The van der Waals surface area contributed by atoms with Crippen LogP contribution in [0.5, 0.6) is 0 Å². The van der Waals surface area contributed by atoms with Crippen molar-refractivity contribution in [2.75, 3.05) is 39.1 Å². The van der Waals surface area contributed by atoms with Crippen molar-refractivity contribution in [1.29, 1.82) is 0 Å². The van der Waals surface area contributed by atoms with Crippen molar-refractivity contribution in [2.24, 2.45) is 0 Å². The van der Waals surface area contributed by atoms with Crippen molar-refractivity contribution < 1.29 is 0 Å². The van der Waals surface area contributed by atoms with Crippen molar-refractivity contribution in [2.45, 2.75) is 19.8 Å². The Morgan fingerprint density at radius 2 is 1.81 bits per heavy atom. The Labute approximate surface area is 99.1 Å². The number of anilines is 1. The summed E-state index contributed by atoms with van der Waals surface area (Å²) in [6.45, 7) is 6.42. The zero-order valence-electron chi connectivity index (χ0n) is 11.1. The molecule has 0 aromatic carbocycles. The molecule has 3 heteroatoms. The van der Waals surface area contributed by atoms with Gasteiger partial charge in [-0.3, -0.25) is 0 Å². The van der Waals surface area contributed by atoms with E-state index in [1.54, 1.807) is 0 Å². The van der Waals surface area contributed by atoms with Gasteiger partial charge in [0.2, 0.25) is 0 Å². The summed E-state index contributed by atoms with van der Waals surface area (Å²) in [5.74, 6) is 1.60. The van der Waals surface area contributed by atoms with Gasteiger partial charge in [0.05, 0.1) is 0 Å². The first-order valence-electron chi connectivity index (χ1n) is 5.82. The van der Waals surface area contributed by atoms with E-state index in [1.165, 1.54) is 5.56 Å². The standard InChI is InChI=1S/C13H23N3/c1-11(2)12-6-7-13(14-10-12)16(5)9-8-15(3)4/h6-7,10-11H,8-9H2,1-5H3. The summed E-state index contributed by atoms with van der Waals surface area (Å²) in [5.41, 5.74) is 1.30. The summed E-state index contributed by atoms with van der Waals surface area (Å²) in [4.78, 5) is 8.85. The number of pyridine rings is 1. The third kappa shape index (κ3) is 3.81. The second-order valence-electron chi connectivity index (χ2n) is 4.83. The Balaban J connectivity index is 2.59. The number of likely N-dealkylation sites (N-methyl/N-ethyl adjacent to an activating group) is 2. The molecular formula is C13H23N3. The molecule has 0 aliphatic rings. The molecule has 0 unspecified atom stereocenters. The zero-order valence-corrected chi connectivity index (χ0v) is 11.1. The molecule has 0 fully saturated rings. The molecule has 0 aliphatic heterocycles. The van der Waals surface area contributed by atoms with Crippen LogP contribution in [0.1, 0.15) is 25.3 Å². The first-order valence-corrected chi connectivity index (χ1v) is 5.82. The molecule has 3 nitrogen and oxygen atoms in total. The molecule has 1 heterocycles. The quantitative estimate of drug-likeness (QED) is 0.760. The van der Waals surface area contributed by atoms with E-state index in [2.05, 4.69) is 61.9 Å². The number of hydrogen-bond donors (Lipinski definition) is 0. The second-order valence-corrected chi connectivity index (χ2v) is 4.83. The summed E-state index contributed by atoms with van der Waals surface area (Å²) in [6.07, 6.45) is 1.98. The summed E-state index contributed by atoms with van der Waals surface area (Å²) in [7, 11) is 6.26. The Hall–Kier alpha value is -1.09. The van der Waals surface area contributed by atoms with Gasteiger partial charge < -0.3 is 9.80 Å². The van der Waals surface area contributed by atoms with Crippen LogP contribution in [0.15, 0.2) is 18.3 Å². The highest BCUT2D eigenvalue weighted by Gasteiger charge is 2.04. The molecule has 0 aliphatic carbocycles. The van der Waals surface area contributed by atoms with Gasteiger partial charge in [0.15, 0.2) is 0 Å². The maximum atomic E-state index is 4.49. The molecule has 1 aromatic rings.